The van der Waals surface area contributed by atoms with Crippen LogP contribution in [0.2, 0.25) is 0 Å². The van der Waals surface area contributed by atoms with Crippen LogP contribution in [0, 0.1) is 0 Å². The number of primary amides is 1. The molecule has 4 nitrogen and oxygen atoms in total. The summed E-state index contributed by atoms with van der Waals surface area (Å²) >= 11 is 0. The molecule has 0 atom stereocenters. The zero-order valence-electron chi connectivity index (χ0n) is 8.36. The van der Waals surface area contributed by atoms with E-state index in [1.165, 1.54) is 6.92 Å². The Morgan fingerprint density at radius 1 is 1.27 bits per heavy atom. The molecular formula is C11H12N2O2. The third kappa shape index (κ3) is 3.64. The normalized spacial score (nSPS) is 10.9. The van der Waals surface area contributed by atoms with Crippen LogP contribution >= 0.6 is 0 Å². The molecule has 0 saturated heterocycles. The van der Waals surface area contributed by atoms with Crippen molar-refractivity contribution in [3.63, 3.8) is 0 Å². The number of carbonyl (C=O) groups excluding carboxylic acids is 2. The van der Waals surface area contributed by atoms with Gasteiger partial charge in [0.25, 0.3) is 5.91 Å². The molecule has 1 aromatic rings. The van der Waals surface area contributed by atoms with Crippen molar-refractivity contribution in [3.05, 3.63) is 42.0 Å². The van der Waals surface area contributed by atoms with E-state index in [-0.39, 0.29) is 11.5 Å². The summed E-state index contributed by atoms with van der Waals surface area (Å²) in [7, 11) is 0. The SMILES string of the molecule is CC(=CC(N)=O)C(=O)Nc1ccccc1. The van der Waals surface area contributed by atoms with Crippen molar-refractivity contribution in [3.8, 4) is 0 Å². The van der Waals surface area contributed by atoms with Crippen molar-refractivity contribution in [2.75, 3.05) is 5.32 Å². The smallest absolute Gasteiger partial charge is 0.251 e. The second-order valence-corrected chi connectivity index (χ2v) is 3.05. The minimum Gasteiger partial charge on any atom is -0.366 e. The van der Waals surface area contributed by atoms with Crippen LogP contribution in [0.3, 0.4) is 0 Å². The number of nitrogens with one attached hydrogen (secondary N) is 1. The lowest BCUT2D eigenvalue weighted by Crippen LogP contribution is -2.15. The van der Waals surface area contributed by atoms with E-state index < -0.39 is 5.91 Å². The molecule has 0 saturated carbocycles. The van der Waals surface area contributed by atoms with Crippen molar-refractivity contribution in [1.29, 1.82) is 0 Å². The van der Waals surface area contributed by atoms with Gasteiger partial charge in [-0.05, 0) is 19.1 Å². The third-order valence-corrected chi connectivity index (χ3v) is 1.75. The molecule has 1 rings (SSSR count). The standard InChI is InChI=1S/C11H12N2O2/c1-8(7-10(12)14)11(15)13-9-5-3-2-4-6-9/h2-7H,1H3,(H2,12,14)(H,13,15). The van der Waals surface area contributed by atoms with Crippen LogP contribution in [-0.4, -0.2) is 11.8 Å². The maximum atomic E-state index is 11.5. The van der Waals surface area contributed by atoms with Gasteiger partial charge in [0.2, 0.25) is 5.91 Å². The number of benzene rings is 1. The van der Waals surface area contributed by atoms with E-state index in [2.05, 4.69) is 5.32 Å². The van der Waals surface area contributed by atoms with Gasteiger partial charge in [-0.2, -0.15) is 0 Å². The molecule has 78 valence electrons. The van der Waals surface area contributed by atoms with Gasteiger partial charge in [-0.25, -0.2) is 0 Å². The van der Waals surface area contributed by atoms with Gasteiger partial charge in [0.05, 0.1) is 0 Å². The molecule has 0 aliphatic rings. The van der Waals surface area contributed by atoms with Gasteiger partial charge in [-0.1, -0.05) is 18.2 Å². The summed E-state index contributed by atoms with van der Waals surface area (Å²) in [6.45, 7) is 1.53. The van der Waals surface area contributed by atoms with E-state index in [1.54, 1.807) is 12.1 Å². The number of anilines is 1. The zero-order valence-corrected chi connectivity index (χ0v) is 8.36. The van der Waals surface area contributed by atoms with Crippen LogP contribution in [0.25, 0.3) is 0 Å². The Morgan fingerprint density at radius 2 is 1.87 bits per heavy atom. The topological polar surface area (TPSA) is 72.2 Å². The van der Waals surface area contributed by atoms with Crippen LogP contribution in [0.4, 0.5) is 5.69 Å². The first-order chi connectivity index (χ1) is 7.09. The Kier molecular flexibility index (Phi) is 3.62. The first-order valence-corrected chi connectivity index (χ1v) is 4.43. The average Bonchev–Trinajstić information content (AvgIpc) is 2.18. The Labute approximate surface area is 87.8 Å². The molecule has 3 N–H and O–H groups in total. The molecule has 0 radical (unpaired) electrons. The lowest BCUT2D eigenvalue weighted by molar-refractivity contribution is -0.115. The van der Waals surface area contributed by atoms with E-state index in [9.17, 15) is 9.59 Å². The monoisotopic (exact) mass is 204 g/mol. The summed E-state index contributed by atoms with van der Waals surface area (Å²) in [4.78, 5) is 22.0. The minimum atomic E-state index is -0.629. The summed E-state index contributed by atoms with van der Waals surface area (Å²) in [5.41, 5.74) is 5.89. The lowest BCUT2D eigenvalue weighted by Gasteiger charge is -2.03. The minimum absolute atomic E-state index is 0.284. The van der Waals surface area contributed by atoms with Gasteiger partial charge in [0, 0.05) is 17.3 Å². The van der Waals surface area contributed by atoms with Crippen molar-refractivity contribution < 1.29 is 9.59 Å². The summed E-state index contributed by atoms with van der Waals surface area (Å²) in [5, 5.41) is 2.63. The number of hydrogen-bond donors (Lipinski definition) is 2. The number of hydrogen-bond acceptors (Lipinski definition) is 2. The van der Waals surface area contributed by atoms with Crippen LogP contribution in [0.1, 0.15) is 6.92 Å². The van der Waals surface area contributed by atoms with Crippen LogP contribution in [0.15, 0.2) is 42.0 Å². The van der Waals surface area contributed by atoms with Crippen LogP contribution in [0.5, 0.6) is 0 Å². The highest BCUT2D eigenvalue weighted by atomic mass is 16.2. The molecule has 0 fully saturated rings. The highest BCUT2D eigenvalue weighted by molar-refractivity contribution is 6.06. The predicted molar refractivity (Wildman–Crippen MR) is 58.0 cm³/mol. The molecule has 0 aliphatic heterocycles. The number of rotatable bonds is 3. The molecular weight excluding hydrogens is 192 g/mol. The fraction of sp³-hybridized carbons (Fsp3) is 0.0909. The first-order valence-electron chi connectivity index (χ1n) is 4.43. The molecule has 15 heavy (non-hydrogen) atoms. The molecule has 1 aromatic carbocycles. The molecule has 2 amide bonds. The van der Waals surface area contributed by atoms with Crippen LogP contribution < -0.4 is 11.1 Å². The lowest BCUT2D eigenvalue weighted by atomic mass is 10.2. The number of amides is 2. The zero-order chi connectivity index (χ0) is 11.3. The number of nitrogens with two attached hydrogens (primary N) is 1. The fourth-order valence-corrected chi connectivity index (χ4v) is 1.03. The third-order valence-electron chi connectivity index (χ3n) is 1.75. The second-order valence-electron chi connectivity index (χ2n) is 3.05. The Balaban J connectivity index is 2.68. The summed E-state index contributed by atoms with van der Waals surface area (Å²) < 4.78 is 0. The first kappa shape index (κ1) is 11.0. The largest absolute Gasteiger partial charge is 0.366 e. The quantitative estimate of drug-likeness (QED) is 0.722. The van der Waals surface area contributed by atoms with E-state index in [4.69, 9.17) is 5.73 Å². The Hall–Kier alpha value is -2.10. The van der Waals surface area contributed by atoms with Crippen molar-refractivity contribution >= 4 is 17.5 Å². The predicted octanol–water partition coefficient (Wildman–Crippen LogP) is 1.06. The van der Waals surface area contributed by atoms with Gasteiger partial charge >= 0.3 is 0 Å². The second kappa shape index (κ2) is 4.95. The van der Waals surface area contributed by atoms with Crippen molar-refractivity contribution in [2.24, 2.45) is 5.73 Å². The Bertz CT molecular complexity index is 396. The summed E-state index contributed by atoms with van der Waals surface area (Å²) in [5.74, 6) is -0.962. The van der Waals surface area contributed by atoms with E-state index in [0.29, 0.717) is 5.69 Å². The van der Waals surface area contributed by atoms with Gasteiger partial charge < -0.3 is 11.1 Å². The summed E-state index contributed by atoms with van der Waals surface area (Å²) in [6.07, 6.45) is 1.10. The van der Waals surface area contributed by atoms with Crippen LogP contribution in [-0.2, 0) is 9.59 Å². The fourth-order valence-electron chi connectivity index (χ4n) is 1.03. The van der Waals surface area contributed by atoms with Crippen molar-refractivity contribution in [2.45, 2.75) is 6.92 Å². The number of para-hydroxylation sites is 1. The van der Waals surface area contributed by atoms with Gasteiger partial charge in [0.1, 0.15) is 0 Å². The Morgan fingerprint density at radius 3 is 2.40 bits per heavy atom. The van der Waals surface area contributed by atoms with Crippen molar-refractivity contribution in [1.82, 2.24) is 0 Å². The molecule has 4 heteroatoms. The van der Waals surface area contributed by atoms with E-state index in [1.807, 2.05) is 18.2 Å². The van der Waals surface area contributed by atoms with Gasteiger partial charge in [0.15, 0.2) is 0 Å². The number of carbonyl (C=O) groups is 2. The molecule has 0 bridgehead atoms. The van der Waals surface area contributed by atoms with Gasteiger partial charge in [-0.15, -0.1) is 0 Å². The molecule has 0 unspecified atom stereocenters. The molecule has 0 heterocycles. The summed E-state index contributed by atoms with van der Waals surface area (Å²) in [6, 6.07) is 8.98. The average molecular weight is 204 g/mol. The maximum Gasteiger partial charge on any atom is 0.251 e. The highest BCUT2D eigenvalue weighted by Gasteiger charge is 2.04. The molecule has 0 aromatic heterocycles. The maximum absolute atomic E-state index is 11.5. The van der Waals surface area contributed by atoms with Gasteiger partial charge in [-0.3, -0.25) is 9.59 Å². The molecule has 0 aliphatic carbocycles. The van der Waals surface area contributed by atoms with E-state index in [0.717, 1.165) is 6.08 Å². The highest BCUT2D eigenvalue weighted by Crippen LogP contribution is 2.06. The molecule has 0 spiro atoms. The van der Waals surface area contributed by atoms with E-state index >= 15 is 0 Å².